The van der Waals surface area contributed by atoms with E-state index in [0.717, 1.165) is 30.4 Å². The summed E-state index contributed by atoms with van der Waals surface area (Å²) in [6, 6.07) is 11.2. The molecule has 10 heteroatoms. The maximum atomic E-state index is 13.3. The van der Waals surface area contributed by atoms with Gasteiger partial charge in [0.05, 0.1) is 10.9 Å². The van der Waals surface area contributed by atoms with Crippen LogP contribution in [0.15, 0.2) is 52.1 Å². The van der Waals surface area contributed by atoms with Crippen molar-refractivity contribution < 1.29 is 9.59 Å². The lowest BCUT2D eigenvalue weighted by Crippen LogP contribution is -2.32. The Morgan fingerprint density at radius 3 is 2.59 bits per heavy atom. The molecular weight excluding hydrogens is 458 g/mol. The van der Waals surface area contributed by atoms with Crippen molar-refractivity contribution in [3.8, 4) is 0 Å². The number of amides is 1. The molecule has 0 atom stereocenters. The summed E-state index contributed by atoms with van der Waals surface area (Å²) in [5.41, 5.74) is 0.0243. The summed E-state index contributed by atoms with van der Waals surface area (Å²) in [6.45, 7) is -0.321. The van der Waals surface area contributed by atoms with Crippen LogP contribution in [0.3, 0.4) is 0 Å². The molecule has 0 saturated heterocycles. The Morgan fingerprint density at radius 2 is 1.85 bits per heavy atom. The molecule has 2 heterocycles. The zero-order chi connectivity index (χ0) is 24.0. The van der Waals surface area contributed by atoms with Crippen LogP contribution >= 0.6 is 11.6 Å². The van der Waals surface area contributed by atoms with Gasteiger partial charge in [-0.2, -0.15) is 0 Å². The largest absolute Gasteiger partial charge is 0.352 e. The van der Waals surface area contributed by atoms with E-state index in [9.17, 15) is 19.2 Å². The molecule has 1 amide bonds. The standard InChI is InChI=1S/C24H22ClN5O4/c1-28-22(33)18-10-9-15(21(32)26-17-7-2-3-8-17)12-19(18)30-23(28)27-29(24(30)34)13-20(31)14-5-4-6-16(25)11-14/h4-6,9-12,17H,2-3,7-8,13H2,1H3,(H,26,32). The molecule has 4 aromatic rings. The van der Waals surface area contributed by atoms with E-state index in [4.69, 9.17) is 11.6 Å². The molecule has 1 aliphatic carbocycles. The van der Waals surface area contributed by atoms with Gasteiger partial charge in [-0.1, -0.05) is 36.6 Å². The summed E-state index contributed by atoms with van der Waals surface area (Å²) < 4.78 is 3.53. The molecule has 0 bridgehead atoms. The number of aryl methyl sites for hydroxylation is 1. The van der Waals surface area contributed by atoms with Crippen molar-refractivity contribution in [2.24, 2.45) is 7.05 Å². The van der Waals surface area contributed by atoms with Gasteiger partial charge >= 0.3 is 5.69 Å². The molecule has 0 aliphatic heterocycles. The van der Waals surface area contributed by atoms with Crippen LogP contribution in [0.1, 0.15) is 46.4 Å². The number of halogens is 1. The lowest BCUT2D eigenvalue weighted by Gasteiger charge is -2.12. The second-order valence-electron chi connectivity index (χ2n) is 8.56. The third-order valence-corrected chi connectivity index (χ3v) is 6.52. The zero-order valence-corrected chi connectivity index (χ0v) is 19.2. The van der Waals surface area contributed by atoms with Gasteiger partial charge in [-0.3, -0.25) is 19.0 Å². The van der Waals surface area contributed by atoms with Crippen LogP contribution in [-0.2, 0) is 13.6 Å². The van der Waals surface area contributed by atoms with Crippen molar-refractivity contribution in [2.45, 2.75) is 38.3 Å². The first-order chi connectivity index (χ1) is 16.3. The summed E-state index contributed by atoms with van der Waals surface area (Å²) >= 11 is 5.97. The highest BCUT2D eigenvalue weighted by atomic mass is 35.5. The molecule has 174 valence electrons. The smallest absolute Gasteiger partial charge is 0.349 e. The van der Waals surface area contributed by atoms with E-state index in [1.807, 2.05) is 0 Å². The number of carbonyl (C=O) groups is 2. The number of aromatic nitrogens is 4. The minimum Gasteiger partial charge on any atom is -0.349 e. The van der Waals surface area contributed by atoms with Crippen LogP contribution in [0.4, 0.5) is 0 Å². The second-order valence-corrected chi connectivity index (χ2v) is 9.00. The normalized spacial score (nSPS) is 14.2. The maximum Gasteiger partial charge on any atom is 0.352 e. The molecule has 0 radical (unpaired) electrons. The van der Waals surface area contributed by atoms with Crippen molar-refractivity contribution in [1.29, 1.82) is 0 Å². The summed E-state index contributed by atoms with van der Waals surface area (Å²) in [7, 11) is 1.51. The first-order valence-electron chi connectivity index (χ1n) is 11.1. The Kier molecular flexibility index (Phi) is 5.57. The van der Waals surface area contributed by atoms with Crippen molar-refractivity contribution in [3.63, 3.8) is 0 Å². The quantitative estimate of drug-likeness (QED) is 0.443. The molecule has 1 N–H and O–H groups in total. The van der Waals surface area contributed by atoms with E-state index in [2.05, 4.69) is 10.4 Å². The molecule has 5 rings (SSSR count). The lowest BCUT2D eigenvalue weighted by atomic mass is 10.1. The van der Waals surface area contributed by atoms with E-state index < -0.39 is 5.69 Å². The van der Waals surface area contributed by atoms with Crippen LogP contribution < -0.4 is 16.6 Å². The molecule has 2 aromatic heterocycles. The number of hydrogen-bond donors (Lipinski definition) is 1. The number of nitrogens with zero attached hydrogens (tertiary/aromatic N) is 4. The predicted molar refractivity (Wildman–Crippen MR) is 128 cm³/mol. The number of ketones is 1. The maximum absolute atomic E-state index is 13.3. The summed E-state index contributed by atoms with van der Waals surface area (Å²) in [6.07, 6.45) is 4.05. The second kappa shape index (κ2) is 8.57. The van der Waals surface area contributed by atoms with E-state index in [0.29, 0.717) is 16.1 Å². The minimum atomic E-state index is -0.584. The fourth-order valence-corrected chi connectivity index (χ4v) is 4.66. The summed E-state index contributed by atoms with van der Waals surface area (Å²) in [5.74, 6) is -0.520. The highest BCUT2D eigenvalue weighted by Gasteiger charge is 2.21. The van der Waals surface area contributed by atoms with Gasteiger partial charge in [-0.25, -0.2) is 13.9 Å². The van der Waals surface area contributed by atoms with E-state index in [-0.39, 0.29) is 46.5 Å². The van der Waals surface area contributed by atoms with Crippen molar-refractivity contribution in [3.05, 3.63) is 79.5 Å². The number of fused-ring (bicyclic) bond motifs is 3. The van der Waals surface area contributed by atoms with Crippen molar-refractivity contribution >= 4 is 40.0 Å². The molecule has 0 unspecified atom stereocenters. The van der Waals surface area contributed by atoms with Crippen molar-refractivity contribution in [1.82, 2.24) is 24.1 Å². The highest BCUT2D eigenvalue weighted by Crippen LogP contribution is 2.19. The van der Waals surface area contributed by atoms with Gasteiger partial charge in [0.15, 0.2) is 5.78 Å². The van der Waals surface area contributed by atoms with E-state index >= 15 is 0 Å². The Morgan fingerprint density at radius 1 is 1.09 bits per heavy atom. The Hall–Kier alpha value is -3.72. The molecule has 2 aromatic carbocycles. The monoisotopic (exact) mass is 479 g/mol. The first kappa shape index (κ1) is 22.1. The SMILES string of the molecule is Cn1c(=O)c2ccc(C(=O)NC3CCCC3)cc2n2c(=O)n(CC(=O)c3cccc(Cl)c3)nc12. The van der Waals surface area contributed by atoms with Crippen LogP contribution in [0.25, 0.3) is 16.7 Å². The van der Waals surface area contributed by atoms with Crippen molar-refractivity contribution in [2.75, 3.05) is 0 Å². The molecule has 1 aliphatic rings. The number of hydrogen-bond acceptors (Lipinski definition) is 5. The highest BCUT2D eigenvalue weighted by molar-refractivity contribution is 6.31. The zero-order valence-electron chi connectivity index (χ0n) is 18.5. The first-order valence-corrected chi connectivity index (χ1v) is 11.4. The topological polar surface area (TPSA) is 107 Å². The molecule has 1 fully saturated rings. The molecule has 34 heavy (non-hydrogen) atoms. The van der Waals surface area contributed by atoms with Gasteiger partial charge in [0.1, 0.15) is 6.54 Å². The number of benzene rings is 2. The molecule has 0 spiro atoms. The lowest BCUT2D eigenvalue weighted by molar-refractivity contribution is 0.0936. The van der Waals surface area contributed by atoms with Gasteiger partial charge in [-0.05, 0) is 43.2 Å². The third-order valence-electron chi connectivity index (χ3n) is 6.29. The van der Waals surface area contributed by atoms with Crippen LogP contribution in [0.2, 0.25) is 5.02 Å². The van der Waals surface area contributed by atoms with E-state index in [1.165, 1.54) is 28.1 Å². The Balaban J connectivity index is 1.59. The minimum absolute atomic E-state index is 0.0785. The molecule has 1 saturated carbocycles. The van der Waals surface area contributed by atoms with Gasteiger partial charge in [0.2, 0.25) is 5.78 Å². The number of nitrogens with one attached hydrogen (secondary N) is 1. The van der Waals surface area contributed by atoms with E-state index in [1.54, 1.807) is 30.3 Å². The Labute approximate surface area is 198 Å². The van der Waals surface area contributed by atoms with Crippen LogP contribution in [0, 0.1) is 0 Å². The average molecular weight is 480 g/mol. The number of rotatable bonds is 5. The van der Waals surface area contributed by atoms with Crippen LogP contribution in [0.5, 0.6) is 0 Å². The fourth-order valence-electron chi connectivity index (χ4n) is 4.47. The summed E-state index contributed by atoms with van der Waals surface area (Å²) in [4.78, 5) is 51.7. The van der Waals surface area contributed by atoms with Gasteiger partial charge in [0, 0.05) is 29.2 Å². The number of Topliss-reactive ketones (excluding diaryl/α,β-unsaturated/α-hetero) is 1. The summed E-state index contributed by atoms with van der Waals surface area (Å²) in [5, 5.41) is 7.94. The average Bonchev–Trinajstić information content (AvgIpc) is 3.45. The van der Waals surface area contributed by atoms with Gasteiger partial charge in [0.25, 0.3) is 11.5 Å². The third kappa shape index (κ3) is 3.81. The van der Waals surface area contributed by atoms with Gasteiger partial charge < -0.3 is 5.32 Å². The molecular formula is C24H22ClN5O4. The predicted octanol–water partition coefficient (Wildman–Crippen LogP) is 2.56. The number of carbonyl (C=O) groups excluding carboxylic acids is 2. The fraction of sp³-hybridized carbons (Fsp3) is 0.292. The molecule has 9 nitrogen and oxygen atoms in total. The van der Waals surface area contributed by atoms with Crippen LogP contribution in [-0.4, -0.2) is 36.5 Å². The Bertz CT molecular complexity index is 1580. The van der Waals surface area contributed by atoms with Gasteiger partial charge in [-0.15, -0.1) is 5.10 Å².